The molecule has 17 heteroatoms. The molecule has 1 fully saturated rings. The van der Waals surface area contributed by atoms with Crippen molar-refractivity contribution in [3.8, 4) is 5.75 Å². The van der Waals surface area contributed by atoms with E-state index in [0.717, 1.165) is 5.56 Å². The molecule has 6 atom stereocenters. The number of nitrogens with one attached hydrogen (secondary N) is 2. The molecule has 1 aliphatic rings. The first-order chi connectivity index (χ1) is 25.1. The number of para-hydroxylation sites is 1. The minimum absolute atomic E-state index is 0.0397. The third-order valence-corrected chi connectivity index (χ3v) is 9.55. The summed E-state index contributed by atoms with van der Waals surface area (Å²) in [6.45, 7) is 1.67. The van der Waals surface area contributed by atoms with Crippen LogP contribution in [0.1, 0.15) is 30.7 Å². The first-order valence-electron chi connectivity index (χ1n) is 16.3. The van der Waals surface area contributed by atoms with Gasteiger partial charge in [-0.1, -0.05) is 60.7 Å². The number of benzene rings is 3. The highest BCUT2D eigenvalue weighted by molar-refractivity contribution is 7.45. The van der Waals surface area contributed by atoms with E-state index < -0.39 is 56.7 Å². The first kappa shape index (κ1) is 37.2. The quantitative estimate of drug-likeness (QED) is 0.0651. The van der Waals surface area contributed by atoms with Gasteiger partial charge in [0.1, 0.15) is 36.5 Å². The van der Waals surface area contributed by atoms with Crippen LogP contribution in [0.3, 0.4) is 0 Å². The number of ether oxygens (including phenoxy) is 2. The topological polar surface area (TPSA) is 185 Å². The third-order valence-electron chi connectivity index (χ3n) is 8.02. The van der Waals surface area contributed by atoms with Crippen molar-refractivity contribution in [3.63, 3.8) is 0 Å². The molecule has 1 amide bonds. The number of imidazole rings is 1. The molecular formula is C35H36ClFN7O7P. The number of nitrogens with zero attached hydrogens (tertiary/aromatic N) is 4. The number of rotatable bonds is 15. The van der Waals surface area contributed by atoms with Crippen LogP contribution in [0, 0.1) is 5.82 Å². The highest BCUT2D eigenvalue weighted by atomic mass is 35.5. The van der Waals surface area contributed by atoms with Crippen molar-refractivity contribution in [1.29, 1.82) is 0 Å². The Hall–Kier alpha value is -4.60. The smallest absolute Gasteiger partial charge is 0.323 e. The van der Waals surface area contributed by atoms with Crippen LogP contribution >= 0.6 is 20.1 Å². The van der Waals surface area contributed by atoms with E-state index in [1.807, 2.05) is 36.4 Å². The number of aliphatic hydroxyl groups is 1. The van der Waals surface area contributed by atoms with Crippen LogP contribution in [0.15, 0.2) is 91.3 Å². The second kappa shape index (κ2) is 17.3. The third kappa shape index (κ3) is 9.63. The minimum Gasteiger partial charge on any atom is -0.460 e. The predicted octanol–water partition coefficient (Wildman–Crippen LogP) is 4.82. The van der Waals surface area contributed by atoms with Gasteiger partial charge in [-0.25, -0.2) is 14.5 Å². The monoisotopic (exact) mass is 751 g/mol. The van der Waals surface area contributed by atoms with Gasteiger partial charge < -0.3 is 34.7 Å². The summed E-state index contributed by atoms with van der Waals surface area (Å²) >= 11 is 6.25. The number of esters is 1. The van der Waals surface area contributed by atoms with Crippen molar-refractivity contribution in [2.45, 2.75) is 56.9 Å². The van der Waals surface area contributed by atoms with Crippen LogP contribution in [-0.2, 0) is 36.6 Å². The Kier molecular flexibility index (Phi) is 12.3. The fourth-order valence-electron chi connectivity index (χ4n) is 5.27. The van der Waals surface area contributed by atoms with Crippen molar-refractivity contribution in [1.82, 2.24) is 24.6 Å². The van der Waals surface area contributed by atoms with E-state index in [0.29, 0.717) is 11.3 Å². The number of nitrogens with two attached hydrogens (primary N) is 1. The van der Waals surface area contributed by atoms with E-state index in [2.05, 4.69) is 25.4 Å². The molecule has 3 aromatic carbocycles. The van der Waals surface area contributed by atoms with Gasteiger partial charge in [0.25, 0.3) is 0 Å². The van der Waals surface area contributed by atoms with Gasteiger partial charge in [-0.2, -0.15) is 9.97 Å². The van der Waals surface area contributed by atoms with Crippen LogP contribution in [0.25, 0.3) is 11.2 Å². The Morgan fingerprint density at radius 3 is 2.52 bits per heavy atom. The SMILES string of the molecule is CC(NP(OCC1OC(n2cnc3c(NC(=O)C(N)Cc4ccc(F)cc4)nc(Cl)nc32)CC1O)Oc1ccccc1)C(=O)OCc1ccccc1. The predicted molar refractivity (Wildman–Crippen MR) is 190 cm³/mol. The number of anilines is 1. The van der Waals surface area contributed by atoms with E-state index >= 15 is 0 Å². The summed E-state index contributed by atoms with van der Waals surface area (Å²) < 4.78 is 38.6. The molecular weight excluding hydrogens is 716 g/mol. The fourth-order valence-corrected chi connectivity index (χ4v) is 6.63. The lowest BCUT2D eigenvalue weighted by Gasteiger charge is -2.24. The van der Waals surface area contributed by atoms with Gasteiger partial charge in [-0.3, -0.25) is 14.2 Å². The summed E-state index contributed by atoms with van der Waals surface area (Å²) in [6.07, 6.45) is -0.728. The summed E-state index contributed by atoms with van der Waals surface area (Å²) in [6, 6.07) is 22.2. The number of hydrogen-bond donors (Lipinski definition) is 4. The standard InChI is InChI=1S/C35H36ClFN7O7P/c1-21(34(47)48-18-23-8-4-2-5-9-23)43-52(51-25-10-6-3-7-11-25)49-19-28-27(45)17-29(50-28)44-20-39-30-31(41-35(36)42-32(30)44)40-33(46)26(38)16-22-12-14-24(37)15-13-22/h2-15,20-21,26-29,43,45H,16-19,38H2,1H3,(H,40,41,42,46). The van der Waals surface area contributed by atoms with Crippen molar-refractivity contribution >= 4 is 49.0 Å². The maximum atomic E-state index is 13.3. The number of carbonyl (C=O) groups is 2. The van der Waals surface area contributed by atoms with E-state index in [1.54, 1.807) is 47.9 Å². The van der Waals surface area contributed by atoms with Crippen LogP contribution in [-0.4, -0.2) is 67.4 Å². The van der Waals surface area contributed by atoms with Crippen LogP contribution in [0.2, 0.25) is 5.28 Å². The molecule has 52 heavy (non-hydrogen) atoms. The Bertz CT molecular complexity index is 1960. The number of halogens is 2. The van der Waals surface area contributed by atoms with Gasteiger partial charge in [0, 0.05) is 6.42 Å². The highest BCUT2D eigenvalue weighted by Crippen LogP contribution is 2.39. The Morgan fingerprint density at radius 1 is 1.08 bits per heavy atom. The average Bonchev–Trinajstić information content (AvgIpc) is 3.74. The number of fused-ring (bicyclic) bond motifs is 1. The Balaban J connectivity index is 1.09. The zero-order chi connectivity index (χ0) is 36.6. The normalized spacial score (nSPS) is 18.8. The molecule has 5 aromatic rings. The molecule has 0 aliphatic carbocycles. The largest absolute Gasteiger partial charge is 0.460 e. The van der Waals surface area contributed by atoms with Gasteiger partial charge >= 0.3 is 14.5 Å². The summed E-state index contributed by atoms with van der Waals surface area (Å²) in [4.78, 5) is 38.6. The van der Waals surface area contributed by atoms with E-state index in [4.69, 9.17) is 35.9 Å². The lowest BCUT2D eigenvalue weighted by molar-refractivity contribution is -0.146. The molecule has 272 valence electrons. The van der Waals surface area contributed by atoms with Crippen LogP contribution in [0.4, 0.5) is 10.2 Å². The molecule has 6 rings (SSSR count). The number of amides is 1. The summed E-state index contributed by atoms with van der Waals surface area (Å²) in [5.74, 6) is -0.890. The number of carbonyl (C=O) groups excluding carboxylic acids is 2. The molecule has 2 aromatic heterocycles. The van der Waals surface area contributed by atoms with E-state index in [-0.39, 0.29) is 48.3 Å². The maximum Gasteiger partial charge on any atom is 0.323 e. The molecule has 1 aliphatic heterocycles. The van der Waals surface area contributed by atoms with Crippen molar-refractivity contribution in [2.24, 2.45) is 5.73 Å². The summed E-state index contributed by atoms with van der Waals surface area (Å²) in [5, 5.41) is 16.5. The fraction of sp³-hybridized carbons (Fsp3) is 0.286. The Labute approximate surface area is 304 Å². The van der Waals surface area contributed by atoms with Gasteiger partial charge in [0.15, 0.2) is 17.0 Å². The first-order valence-corrected chi connectivity index (χ1v) is 17.9. The second-order valence-electron chi connectivity index (χ2n) is 11.9. The number of aliphatic hydroxyl groups excluding tert-OH is 1. The molecule has 3 heterocycles. The Morgan fingerprint density at radius 2 is 1.79 bits per heavy atom. The molecule has 0 saturated carbocycles. The van der Waals surface area contributed by atoms with E-state index in [1.165, 1.54) is 18.5 Å². The molecule has 14 nitrogen and oxygen atoms in total. The minimum atomic E-state index is -1.90. The molecule has 5 N–H and O–H groups in total. The van der Waals surface area contributed by atoms with Crippen molar-refractivity contribution < 1.29 is 37.6 Å². The average molecular weight is 752 g/mol. The van der Waals surface area contributed by atoms with Crippen LogP contribution in [0.5, 0.6) is 5.75 Å². The highest BCUT2D eigenvalue weighted by Gasteiger charge is 2.37. The van der Waals surface area contributed by atoms with Gasteiger partial charge in [0.05, 0.1) is 25.1 Å². The molecule has 0 bridgehead atoms. The zero-order valence-electron chi connectivity index (χ0n) is 27.8. The molecule has 0 spiro atoms. The lowest BCUT2D eigenvalue weighted by Crippen LogP contribution is -2.37. The van der Waals surface area contributed by atoms with Crippen molar-refractivity contribution in [2.75, 3.05) is 11.9 Å². The number of aromatic nitrogens is 4. The second-order valence-corrected chi connectivity index (χ2v) is 13.5. The van der Waals surface area contributed by atoms with E-state index in [9.17, 15) is 19.1 Å². The molecule has 0 radical (unpaired) electrons. The summed E-state index contributed by atoms with van der Waals surface area (Å²) in [7, 11) is -1.90. The van der Waals surface area contributed by atoms with Crippen molar-refractivity contribution in [3.05, 3.63) is 113 Å². The van der Waals surface area contributed by atoms with Gasteiger partial charge in [0.2, 0.25) is 11.2 Å². The van der Waals surface area contributed by atoms with Gasteiger partial charge in [-0.05, 0) is 60.3 Å². The molecule has 6 unspecified atom stereocenters. The lowest BCUT2D eigenvalue weighted by atomic mass is 10.1. The maximum absolute atomic E-state index is 13.3. The molecule has 1 saturated heterocycles. The summed E-state index contributed by atoms with van der Waals surface area (Å²) in [5.41, 5.74) is 8.13. The zero-order valence-corrected chi connectivity index (χ0v) is 29.5. The number of hydrogen-bond acceptors (Lipinski definition) is 12. The van der Waals surface area contributed by atoms with Crippen LogP contribution < -0.4 is 20.7 Å². The van der Waals surface area contributed by atoms with Gasteiger partial charge in [-0.15, -0.1) is 0 Å².